The first-order chi connectivity index (χ1) is 15.5. The minimum absolute atomic E-state index is 0.309. The molecule has 0 radical (unpaired) electrons. The highest BCUT2D eigenvalue weighted by atomic mass is 16.5. The van der Waals surface area contributed by atoms with Crippen LogP contribution in [-0.4, -0.2) is 39.1 Å². The average Bonchev–Trinajstić information content (AvgIpc) is 3.08. The lowest BCUT2D eigenvalue weighted by Crippen LogP contribution is -2.29. The SMILES string of the molecule is COc1cc(C(=O)Nc2ccc(N3C(=O)c4ccccc4C3=O)cc2)cc(OC)c1OC. The highest BCUT2D eigenvalue weighted by molar-refractivity contribution is 6.34. The van der Waals surface area contributed by atoms with Crippen LogP contribution < -0.4 is 24.4 Å². The molecule has 3 aromatic carbocycles. The Morgan fingerprint density at radius 2 is 1.31 bits per heavy atom. The van der Waals surface area contributed by atoms with Crippen LogP contribution in [0, 0.1) is 0 Å². The number of carbonyl (C=O) groups excluding carboxylic acids is 3. The maximum atomic E-state index is 12.8. The van der Waals surface area contributed by atoms with Gasteiger partial charge < -0.3 is 19.5 Å². The van der Waals surface area contributed by atoms with Crippen molar-refractivity contribution in [3.63, 3.8) is 0 Å². The van der Waals surface area contributed by atoms with E-state index in [4.69, 9.17) is 14.2 Å². The van der Waals surface area contributed by atoms with Crippen molar-refractivity contribution in [1.29, 1.82) is 0 Å². The Kier molecular flexibility index (Phi) is 5.51. The number of fused-ring (bicyclic) bond motifs is 1. The second kappa shape index (κ2) is 8.43. The molecule has 0 spiro atoms. The van der Waals surface area contributed by atoms with Crippen molar-refractivity contribution in [1.82, 2.24) is 0 Å². The van der Waals surface area contributed by atoms with Gasteiger partial charge in [0.05, 0.1) is 38.1 Å². The van der Waals surface area contributed by atoms with E-state index >= 15 is 0 Å². The van der Waals surface area contributed by atoms with E-state index in [0.717, 1.165) is 4.90 Å². The first-order valence-electron chi connectivity index (χ1n) is 9.67. The van der Waals surface area contributed by atoms with Gasteiger partial charge in [-0.25, -0.2) is 4.90 Å². The Morgan fingerprint density at radius 3 is 1.78 bits per heavy atom. The Labute approximate surface area is 184 Å². The second-order valence-corrected chi connectivity index (χ2v) is 6.91. The first-order valence-corrected chi connectivity index (χ1v) is 9.67. The van der Waals surface area contributed by atoms with E-state index in [2.05, 4.69) is 5.32 Å². The molecule has 3 aromatic rings. The number of rotatable bonds is 6. The van der Waals surface area contributed by atoms with Gasteiger partial charge in [0.15, 0.2) is 11.5 Å². The lowest BCUT2D eigenvalue weighted by molar-refractivity contribution is 0.0924. The van der Waals surface area contributed by atoms with E-state index in [1.165, 1.54) is 21.3 Å². The maximum Gasteiger partial charge on any atom is 0.266 e. The predicted molar refractivity (Wildman–Crippen MR) is 118 cm³/mol. The number of nitrogens with one attached hydrogen (secondary N) is 1. The van der Waals surface area contributed by atoms with E-state index in [0.29, 0.717) is 45.3 Å². The number of amides is 3. The molecule has 3 amide bonds. The largest absolute Gasteiger partial charge is 0.493 e. The smallest absolute Gasteiger partial charge is 0.266 e. The van der Waals surface area contributed by atoms with E-state index in [1.54, 1.807) is 60.7 Å². The normalized spacial score (nSPS) is 12.4. The van der Waals surface area contributed by atoms with Gasteiger partial charge in [0.25, 0.3) is 17.7 Å². The molecule has 0 aromatic heterocycles. The van der Waals surface area contributed by atoms with Crippen molar-refractivity contribution in [2.24, 2.45) is 0 Å². The van der Waals surface area contributed by atoms with Crippen LogP contribution in [-0.2, 0) is 0 Å². The zero-order valence-corrected chi connectivity index (χ0v) is 17.7. The number of hydrogen-bond donors (Lipinski definition) is 1. The first kappa shape index (κ1) is 20.9. The topological polar surface area (TPSA) is 94.2 Å². The van der Waals surface area contributed by atoms with Gasteiger partial charge in [-0.2, -0.15) is 0 Å². The second-order valence-electron chi connectivity index (χ2n) is 6.91. The van der Waals surface area contributed by atoms with Crippen molar-refractivity contribution in [2.45, 2.75) is 0 Å². The van der Waals surface area contributed by atoms with Gasteiger partial charge in [-0.05, 0) is 48.5 Å². The molecule has 1 aliphatic heterocycles. The minimum atomic E-state index is -0.391. The summed E-state index contributed by atoms with van der Waals surface area (Å²) in [6, 6.07) is 16.2. The summed E-state index contributed by atoms with van der Waals surface area (Å²) in [6.07, 6.45) is 0. The van der Waals surface area contributed by atoms with Crippen molar-refractivity contribution in [3.8, 4) is 17.2 Å². The third-order valence-corrected chi connectivity index (χ3v) is 5.10. The number of hydrogen-bond acceptors (Lipinski definition) is 6. The quantitative estimate of drug-likeness (QED) is 0.596. The summed E-state index contributed by atoms with van der Waals surface area (Å²) in [7, 11) is 4.42. The Bertz CT molecular complexity index is 1160. The standard InChI is InChI=1S/C24H20N2O6/c1-30-19-12-14(13-20(31-2)21(19)32-3)22(27)25-15-8-10-16(11-9-15)26-23(28)17-6-4-5-7-18(17)24(26)29/h4-13H,1-3H3,(H,25,27). The third kappa shape index (κ3) is 3.51. The van der Waals surface area contributed by atoms with Crippen LogP contribution in [0.15, 0.2) is 60.7 Å². The molecule has 0 saturated carbocycles. The van der Waals surface area contributed by atoms with Gasteiger partial charge in [0.2, 0.25) is 5.75 Å². The van der Waals surface area contributed by atoms with Gasteiger partial charge in [-0.3, -0.25) is 14.4 Å². The van der Waals surface area contributed by atoms with Crippen LogP contribution >= 0.6 is 0 Å². The number of anilines is 2. The molecular formula is C24H20N2O6. The molecule has 0 atom stereocenters. The summed E-state index contributed by atoms with van der Waals surface area (Å²) in [5.41, 5.74) is 1.96. The molecule has 0 aliphatic carbocycles. The summed E-state index contributed by atoms with van der Waals surface area (Å²) in [4.78, 5) is 39.1. The molecule has 0 unspecified atom stereocenters. The zero-order valence-electron chi connectivity index (χ0n) is 17.7. The van der Waals surface area contributed by atoms with Crippen LogP contribution in [0.1, 0.15) is 31.1 Å². The molecular weight excluding hydrogens is 412 g/mol. The molecule has 8 nitrogen and oxygen atoms in total. The summed E-state index contributed by atoms with van der Waals surface area (Å²) < 4.78 is 15.8. The zero-order chi connectivity index (χ0) is 22.8. The van der Waals surface area contributed by atoms with Crippen LogP contribution in [0.2, 0.25) is 0 Å². The Balaban J connectivity index is 1.54. The van der Waals surface area contributed by atoms with E-state index < -0.39 is 5.91 Å². The summed E-state index contributed by atoms with van der Waals surface area (Å²) in [6.45, 7) is 0. The van der Waals surface area contributed by atoms with E-state index in [-0.39, 0.29) is 11.8 Å². The lowest BCUT2D eigenvalue weighted by Gasteiger charge is -2.15. The third-order valence-electron chi connectivity index (χ3n) is 5.10. The van der Waals surface area contributed by atoms with E-state index in [9.17, 15) is 14.4 Å². The summed E-state index contributed by atoms with van der Waals surface area (Å²) in [5, 5.41) is 2.78. The molecule has 32 heavy (non-hydrogen) atoms. The predicted octanol–water partition coefficient (Wildman–Crippen LogP) is 3.77. The number of benzene rings is 3. The van der Waals surface area contributed by atoms with Crippen LogP contribution in [0.4, 0.5) is 11.4 Å². The van der Waals surface area contributed by atoms with Crippen LogP contribution in [0.3, 0.4) is 0 Å². The van der Waals surface area contributed by atoms with Crippen molar-refractivity contribution in [2.75, 3.05) is 31.5 Å². The number of carbonyl (C=O) groups is 3. The summed E-state index contributed by atoms with van der Waals surface area (Å²) >= 11 is 0. The molecule has 8 heteroatoms. The Hall–Kier alpha value is -4.33. The average molecular weight is 432 g/mol. The number of imide groups is 1. The number of nitrogens with zero attached hydrogens (tertiary/aromatic N) is 1. The fraction of sp³-hybridized carbons (Fsp3) is 0.125. The summed E-state index contributed by atoms with van der Waals surface area (Å²) in [5.74, 6) is -0.0369. The van der Waals surface area contributed by atoms with Crippen LogP contribution in [0.5, 0.6) is 17.2 Å². The monoisotopic (exact) mass is 432 g/mol. The molecule has 162 valence electrons. The lowest BCUT2D eigenvalue weighted by atomic mass is 10.1. The van der Waals surface area contributed by atoms with Gasteiger partial charge >= 0.3 is 0 Å². The van der Waals surface area contributed by atoms with Crippen molar-refractivity contribution < 1.29 is 28.6 Å². The van der Waals surface area contributed by atoms with Gasteiger partial charge in [-0.1, -0.05) is 12.1 Å². The molecule has 4 rings (SSSR count). The van der Waals surface area contributed by atoms with Crippen LogP contribution in [0.25, 0.3) is 0 Å². The molecule has 0 fully saturated rings. The number of methoxy groups -OCH3 is 3. The fourth-order valence-electron chi connectivity index (χ4n) is 3.53. The van der Waals surface area contributed by atoms with Gasteiger partial charge in [0.1, 0.15) is 0 Å². The molecule has 0 bridgehead atoms. The molecule has 0 saturated heterocycles. The highest BCUT2D eigenvalue weighted by Gasteiger charge is 2.36. The van der Waals surface area contributed by atoms with E-state index in [1.807, 2.05) is 0 Å². The number of ether oxygens (including phenoxy) is 3. The maximum absolute atomic E-state index is 12.8. The van der Waals surface area contributed by atoms with Crippen molar-refractivity contribution >= 4 is 29.1 Å². The minimum Gasteiger partial charge on any atom is -0.493 e. The molecule has 1 heterocycles. The van der Waals surface area contributed by atoms with Gasteiger partial charge in [-0.15, -0.1) is 0 Å². The molecule has 1 aliphatic rings. The van der Waals surface area contributed by atoms with Gasteiger partial charge in [0, 0.05) is 11.3 Å². The Morgan fingerprint density at radius 1 is 0.781 bits per heavy atom. The van der Waals surface area contributed by atoms with Crippen molar-refractivity contribution in [3.05, 3.63) is 77.4 Å². The molecule has 1 N–H and O–H groups in total. The highest BCUT2D eigenvalue weighted by Crippen LogP contribution is 2.38. The fourth-order valence-corrected chi connectivity index (χ4v) is 3.53.